The molecule has 0 bridgehead atoms. The molecule has 0 saturated heterocycles. The molecule has 2 aliphatic rings. The van der Waals surface area contributed by atoms with Gasteiger partial charge < -0.3 is 15.5 Å². The molecule has 0 spiro atoms. The number of fused-ring (bicyclic) bond motifs is 4. The first-order valence-corrected chi connectivity index (χ1v) is 14.6. The van der Waals surface area contributed by atoms with Crippen molar-refractivity contribution in [3.8, 4) is 11.1 Å². The SMILES string of the molecule is CC(=O)OCC1CCc2c([nH]c3c(C(N)=O)ccc(-c4cccc(N5C(=O)c6ccc(C(C)(C)C)cc6C5=O)c4C)c23)C1. The Labute approximate surface area is 250 Å². The molecular weight excluding hydrogens is 542 g/mol. The molecule has 0 saturated carbocycles. The van der Waals surface area contributed by atoms with Crippen LogP contribution in [-0.2, 0) is 27.8 Å². The molecular formula is C35H35N3O5. The Hall–Kier alpha value is -4.72. The van der Waals surface area contributed by atoms with E-state index < -0.39 is 5.91 Å². The van der Waals surface area contributed by atoms with Crippen LogP contribution in [-0.4, -0.2) is 35.3 Å². The van der Waals surface area contributed by atoms with Gasteiger partial charge in [0, 0.05) is 18.0 Å². The van der Waals surface area contributed by atoms with Crippen LogP contribution in [0.3, 0.4) is 0 Å². The smallest absolute Gasteiger partial charge is 0.302 e. The lowest BCUT2D eigenvalue weighted by atomic mass is 9.85. The predicted octanol–water partition coefficient (Wildman–Crippen LogP) is 6.01. The maximum absolute atomic E-state index is 13.7. The third-order valence-corrected chi connectivity index (χ3v) is 8.82. The number of nitrogens with one attached hydrogen (secondary N) is 1. The van der Waals surface area contributed by atoms with E-state index in [1.165, 1.54) is 11.8 Å². The Kier molecular flexibility index (Phi) is 6.75. The summed E-state index contributed by atoms with van der Waals surface area (Å²) in [4.78, 5) is 55.9. The summed E-state index contributed by atoms with van der Waals surface area (Å²) in [6, 6.07) is 14.7. The standard InChI is InChI=1S/C35H35N3O5/c1-18-22(7-6-8-29(18)38-33(41)24-12-10-21(35(3,4)5)16-27(24)34(38)42)23-13-14-26(32(36)40)31-30(23)25-11-9-20(15-28(25)37-31)17-43-19(2)39/h6-8,10,12-14,16,20,37H,9,11,15,17H2,1-5H3,(H2,36,40). The summed E-state index contributed by atoms with van der Waals surface area (Å²) in [6.45, 7) is 9.89. The van der Waals surface area contributed by atoms with Crippen LogP contribution in [0.15, 0.2) is 48.5 Å². The number of aryl methyl sites for hydroxylation is 1. The van der Waals surface area contributed by atoms with E-state index in [1.807, 2.05) is 37.3 Å². The van der Waals surface area contributed by atoms with E-state index in [9.17, 15) is 19.2 Å². The topological polar surface area (TPSA) is 123 Å². The van der Waals surface area contributed by atoms with E-state index in [4.69, 9.17) is 10.5 Å². The molecule has 1 aliphatic carbocycles. The van der Waals surface area contributed by atoms with Crippen LogP contribution in [0, 0.1) is 12.8 Å². The molecule has 1 aromatic heterocycles. The Balaban J connectivity index is 1.45. The molecule has 3 aromatic carbocycles. The van der Waals surface area contributed by atoms with E-state index in [0.717, 1.165) is 51.7 Å². The number of primary amides is 1. The minimum absolute atomic E-state index is 0.166. The predicted molar refractivity (Wildman–Crippen MR) is 165 cm³/mol. The number of carbonyl (C=O) groups is 4. The van der Waals surface area contributed by atoms with Gasteiger partial charge >= 0.3 is 5.97 Å². The molecule has 0 fully saturated rings. The summed E-state index contributed by atoms with van der Waals surface area (Å²) in [5.41, 5.74) is 13.6. The van der Waals surface area contributed by atoms with Crippen LogP contribution >= 0.6 is 0 Å². The molecule has 1 unspecified atom stereocenters. The molecule has 220 valence electrons. The number of carbonyl (C=O) groups excluding carboxylic acids is 4. The lowest BCUT2D eigenvalue weighted by Crippen LogP contribution is -2.30. The number of nitrogens with two attached hydrogens (primary N) is 1. The van der Waals surface area contributed by atoms with E-state index in [-0.39, 0.29) is 29.1 Å². The molecule has 4 aromatic rings. The van der Waals surface area contributed by atoms with E-state index >= 15 is 0 Å². The third-order valence-electron chi connectivity index (χ3n) is 8.82. The van der Waals surface area contributed by atoms with Crippen molar-refractivity contribution >= 4 is 40.3 Å². The number of aromatic nitrogens is 1. The van der Waals surface area contributed by atoms with Gasteiger partial charge in [0.15, 0.2) is 0 Å². The van der Waals surface area contributed by atoms with Crippen LogP contribution < -0.4 is 10.6 Å². The number of H-pyrrole nitrogens is 1. The van der Waals surface area contributed by atoms with Crippen LogP contribution in [0.2, 0.25) is 0 Å². The second-order valence-corrected chi connectivity index (χ2v) is 12.7. The highest BCUT2D eigenvalue weighted by Gasteiger charge is 2.38. The largest absolute Gasteiger partial charge is 0.466 e. The summed E-state index contributed by atoms with van der Waals surface area (Å²) >= 11 is 0. The van der Waals surface area contributed by atoms with Crippen molar-refractivity contribution in [1.29, 1.82) is 0 Å². The molecule has 2 heterocycles. The van der Waals surface area contributed by atoms with Gasteiger partial charge in [0.2, 0.25) is 0 Å². The summed E-state index contributed by atoms with van der Waals surface area (Å²) in [7, 11) is 0. The Morgan fingerprint density at radius 2 is 1.72 bits per heavy atom. The first kappa shape index (κ1) is 28.4. The second-order valence-electron chi connectivity index (χ2n) is 12.7. The van der Waals surface area contributed by atoms with Gasteiger partial charge in [-0.05, 0) is 89.6 Å². The lowest BCUT2D eigenvalue weighted by molar-refractivity contribution is -0.142. The van der Waals surface area contributed by atoms with Gasteiger partial charge in [-0.3, -0.25) is 19.2 Å². The fraction of sp³-hybridized carbons (Fsp3) is 0.314. The zero-order valence-electron chi connectivity index (χ0n) is 25.1. The van der Waals surface area contributed by atoms with Crippen molar-refractivity contribution in [1.82, 2.24) is 4.98 Å². The first-order chi connectivity index (χ1) is 20.4. The maximum atomic E-state index is 13.7. The van der Waals surface area contributed by atoms with E-state index in [0.29, 0.717) is 40.9 Å². The fourth-order valence-electron chi connectivity index (χ4n) is 6.50. The van der Waals surface area contributed by atoms with Gasteiger partial charge in [0.25, 0.3) is 17.7 Å². The van der Waals surface area contributed by atoms with Gasteiger partial charge in [0.05, 0.1) is 34.5 Å². The highest BCUT2D eigenvalue weighted by atomic mass is 16.5. The number of benzene rings is 3. The Morgan fingerprint density at radius 3 is 2.42 bits per heavy atom. The zero-order valence-corrected chi connectivity index (χ0v) is 25.1. The normalized spacial score (nSPS) is 16.4. The molecule has 8 nitrogen and oxygen atoms in total. The summed E-state index contributed by atoms with van der Waals surface area (Å²) in [5, 5.41) is 0.912. The number of aromatic amines is 1. The van der Waals surface area contributed by atoms with Crippen molar-refractivity contribution in [2.45, 2.75) is 59.3 Å². The quantitative estimate of drug-likeness (QED) is 0.222. The average molecular weight is 578 g/mol. The Bertz CT molecular complexity index is 1860. The minimum atomic E-state index is -0.530. The van der Waals surface area contributed by atoms with Gasteiger partial charge in [-0.25, -0.2) is 4.90 Å². The van der Waals surface area contributed by atoms with Crippen LogP contribution in [0.5, 0.6) is 0 Å². The van der Waals surface area contributed by atoms with Crippen LogP contribution in [0.4, 0.5) is 5.69 Å². The number of hydrogen-bond donors (Lipinski definition) is 2. The maximum Gasteiger partial charge on any atom is 0.302 e. The monoisotopic (exact) mass is 577 g/mol. The van der Waals surface area contributed by atoms with Crippen molar-refractivity contribution in [3.63, 3.8) is 0 Å². The average Bonchev–Trinajstić information content (AvgIpc) is 3.45. The molecule has 0 radical (unpaired) electrons. The molecule has 3 N–H and O–H groups in total. The van der Waals surface area contributed by atoms with Gasteiger partial charge in [-0.15, -0.1) is 0 Å². The van der Waals surface area contributed by atoms with Crippen molar-refractivity contribution in [3.05, 3.63) is 87.6 Å². The van der Waals surface area contributed by atoms with Crippen LogP contribution in [0.25, 0.3) is 22.0 Å². The molecule has 8 heteroatoms. The number of hydrogen-bond acceptors (Lipinski definition) is 5. The number of nitrogens with zero attached hydrogens (tertiary/aromatic N) is 1. The molecule has 43 heavy (non-hydrogen) atoms. The Morgan fingerprint density at radius 1 is 1.00 bits per heavy atom. The highest BCUT2D eigenvalue weighted by Crippen LogP contribution is 2.42. The van der Waals surface area contributed by atoms with Crippen molar-refractivity contribution in [2.75, 3.05) is 11.5 Å². The molecule has 6 rings (SSSR count). The fourth-order valence-corrected chi connectivity index (χ4v) is 6.50. The van der Waals surface area contributed by atoms with Crippen molar-refractivity contribution < 1.29 is 23.9 Å². The van der Waals surface area contributed by atoms with Crippen molar-refractivity contribution in [2.24, 2.45) is 11.7 Å². The first-order valence-electron chi connectivity index (χ1n) is 14.6. The number of anilines is 1. The van der Waals surface area contributed by atoms with E-state index in [2.05, 4.69) is 25.8 Å². The lowest BCUT2D eigenvalue weighted by Gasteiger charge is -2.23. The zero-order chi connectivity index (χ0) is 30.8. The number of ether oxygens (including phenoxy) is 1. The number of esters is 1. The third kappa shape index (κ3) is 4.71. The minimum Gasteiger partial charge on any atom is -0.466 e. The van der Waals surface area contributed by atoms with Gasteiger partial charge in [-0.1, -0.05) is 45.0 Å². The highest BCUT2D eigenvalue weighted by molar-refractivity contribution is 6.35. The second kappa shape index (κ2) is 10.2. The molecule has 1 aliphatic heterocycles. The van der Waals surface area contributed by atoms with Crippen LogP contribution in [0.1, 0.15) is 87.6 Å². The number of imide groups is 1. The number of amides is 3. The summed E-state index contributed by atoms with van der Waals surface area (Å²) in [5.74, 6) is -1.34. The van der Waals surface area contributed by atoms with Gasteiger partial charge in [-0.2, -0.15) is 0 Å². The van der Waals surface area contributed by atoms with E-state index in [1.54, 1.807) is 18.2 Å². The molecule has 3 amide bonds. The summed E-state index contributed by atoms with van der Waals surface area (Å²) < 4.78 is 5.28. The summed E-state index contributed by atoms with van der Waals surface area (Å²) in [6.07, 6.45) is 2.25. The number of rotatable bonds is 5. The molecule has 1 atom stereocenters. The van der Waals surface area contributed by atoms with Gasteiger partial charge in [0.1, 0.15) is 0 Å².